The molecule has 2 heterocycles. The Bertz CT molecular complexity index is 1210. The maximum atomic E-state index is 13.5. The summed E-state index contributed by atoms with van der Waals surface area (Å²) in [5.74, 6) is 1.25. The number of carbonyl (C=O) groups excluding carboxylic acids is 1. The van der Waals surface area contributed by atoms with E-state index in [1.54, 1.807) is 19.2 Å². The molecule has 8 heteroatoms. The standard InChI is InChI=1S/C28H34ClN3O4/c1-4-6-8-14-32-27(18-10-13-22(23(16-18)35-3)36-15-9-7-5-2)24-25(30-31-26(24)28(32)34)20-17-19(29)11-12-21(20)33/h10-13,16-17,27,33H,4-9,14-15H2,1-3H3,(H,30,31). The smallest absolute Gasteiger partial charge is 0.273 e. The number of amides is 1. The lowest BCUT2D eigenvalue weighted by Gasteiger charge is -2.27. The summed E-state index contributed by atoms with van der Waals surface area (Å²) in [7, 11) is 1.62. The van der Waals surface area contributed by atoms with Crippen molar-refractivity contribution in [3.8, 4) is 28.5 Å². The van der Waals surface area contributed by atoms with Gasteiger partial charge in [0.15, 0.2) is 11.5 Å². The van der Waals surface area contributed by atoms with Gasteiger partial charge in [-0.05, 0) is 48.7 Å². The summed E-state index contributed by atoms with van der Waals surface area (Å²) in [5, 5.41) is 18.4. The first-order chi connectivity index (χ1) is 17.5. The molecule has 0 bridgehead atoms. The van der Waals surface area contributed by atoms with Crippen molar-refractivity contribution in [3.05, 3.63) is 58.2 Å². The summed E-state index contributed by atoms with van der Waals surface area (Å²) < 4.78 is 11.7. The molecule has 0 spiro atoms. The lowest BCUT2D eigenvalue weighted by molar-refractivity contribution is 0.0740. The Morgan fingerprint density at radius 1 is 1.06 bits per heavy atom. The number of methoxy groups -OCH3 is 1. The maximum absolute atomic E-state index is 13.5. The van der Waals surface area contributed by atoms with Gasteiger partial charge in [-0.15, -0.1) is 0 Å². The highest BCUT2D eigenvalue weighted by molar-refractivity contribution is 6.31. The zero-order valence-corrected chi connectivity index (χ0v) is 21.9. The minimum Gasteiger partial charge on any atom is -0.507 e. The predicted octanol–water partition coefficient (Wildman–Crippen LogP) is 6.75. The van der Waals surface area contributed by atoms with Crippen LogP contribution in [0.4, 0.5) is 0 Å². The molecule has 0 saturated heterocycles. The van der Waals surface area contributed by atoms with Crippen LogP contribution in [0.5, 0.6) is 17.2 Å². The summed E-state index contributed by atoms with van der Waals surface area (Å²) in [6.07, 6.45) is 6.19. The van der Waals surface area contributed by atoms with E-state index in [-0.39, 0.29) is 17.7 Å². The molecule has 2 aromatic carbocycles. The second kappa shape index (κ2) is 11.7. The molecule has 7 nitrogen and oxygen atoms in total. The SMILES string of the molecule is CCCCCOc1ccc(C2c3c(-c4cc(Cl)ccc4O)n[nH]c3C(=O)N2CCCCC)cc1OC. The predicted molar refractivity (Wildman–Crippen MR) is 141 cm³/mol. The van der Waals surface area contributed by atoms with Crippen LogP contribution in [-0.2, 0) is 0 Å². The van der Waals surface area contributed by atoms with Gasteiger partial charge >= 0.3 is 0 Å². The van der Waals surface area contributed by atoms with Crippen LogP contribution in [0.25, 0.3) is 11.3 Å². The fraction of sp³-hybridized carbons (Fsp3) is 0.429. The minimum absolute atomic E-state index is 0.0535. The third-order valence-electron chi connectivity index (χ3n) is 6.59. The van der Waals surface area contributed by atoms with Crippen LogP contribution in [0.3, 0.4) is 0 Å². The normalized spacial score (nSPS) is 14.8. The summed E-state index contributed by atoms with van der Waals surface area (Å²) >= 11 is 6.24. The van der Waals surface area contributed by atoms with Crippen molar-refractivity contribution < 1.29 is 19.4 Å². The monoisotopic (exact) mass is 511 g/mol. The number of phenols is 1. The molecule has 1 amide bonds. The highest BCUT2D eigenvalue weighted by Crippen LogP contribution is 2.46. The number of carbonyl (C=O) groups is 1. The van der Waals surface area contributed by atoms with Crippen molar-refractivity contribution in [2.75, 3.05) is 20.3 Å². The summed E-state index contributed by atoms with van der Waals surface area (Å²) in [6, 6.07) is 10.3. The number of fused-ring (bicyclic) bond motifs is 1. The van der Waals surface area contributed by atoms with Crippen LogP contribution >= 0.6 is 11.6 Å². The number of aromatic hydroxyl groups is 1. The molecule has 0 saturated carbocycles. The molecule has 36 heavy (non-hydrogen) atoms. The average Bonchev–Trinajstić information content (AvgIpc) is 3.42. The summed E-state index contributed by atoms with van der Waals surface area (Å²) in [5.41, 5.74) is 3.05. The summed E-state index contributed by atoms with van der Waals surface area (Å²) in [4.78, 5) is 15.4. The highest BCUT2D eigenvalue weighted by atomic mass is 35.5. The third kappa shape index (κ3) is 5.16. The van der Waals surface area contributed by atoms with Crippen LogP contribution in [0.1, 0.15) is 80.0 Å². The van der Waals surface area contributed by atoms with Crippen LogP contribution in [-0.4, -0.2) is 46.4 Å². The molecule has 2 N–H and O–H groups in total. The number of H-pyrrole nitrogens is 1. The number of aromatic nitrogens is 2. The first-order valence-corrected chi connectivity index (χ1v) is 13.1. The molecule has 0 fully saturated rings. The molecular formula is C28H34ClN3O4. The molecule has 1 unspecified atom stereocenters. The fourth-order valence-electron chi connectivity index (χ4n) is 4.72. The Balaban J connectivity index is 1.77. The number of hydrogen-bond acceptors (Lipinski definition) is 5. The van der Waals surface area contributed by atoms with Crippen molar-refractivity contribution >= 4 is 17.5 Å². The number of rotatable bonds is 12. The number of aromatic amines is 1. The van der Waals surface area contributed by atoms with Crippen LogP contribution < -0.4 is 9.47 Å². The Morgan fingerprint density at radius 3 is 2.58 bits per heavy atom. The zero-order chi connectivity index (χ0) is 25.7. The van der Waals surface area contributed by atoms with Gasteiger partial charge in [0, 0.05) is 22.7 Å². The first kappa shape index (κ1) is 25.9. The lowest BCUT2D eigenvalue weighted by Crippen LogP contribution is -2.30. The van der Waals surface area contributed by atoms with E-state index in [1.807, 2.05) is 23.1 Å². The number of phenolic OH excluding ortho intramolecular Hbond substituents is 1. The Morgan fingerprint density at radius 2 is 1.83 bits per heavy atom. The molecule has 4 rings (SSSR count). The number of halogens is 1. The number of benzene rings is 2. The average molecular weight is 512 g/mol. The van der Waals surface area contributed by atoms with E-state index in [4.69, 9.17) is 21.1 Å². The van der Waals surface area contributed by atoms with Crippen molar-refractivity contribution in [1.82, 2.24) is 15.1 Å². The van der Waals surface area contributed by atoms with Gasteiger partial charge in [-0.1, -0.05) is 57.2 Å². The Labute approximate surface area is 217 Å². The number of unbranched alkanes of at least 4 members (excludes halogenated alkanes) is 4. The zero-order valence-electron chi connectivity index (χ0n) is 21.1. The largest absolute Gasteiger partial charge is 0.507 e. The van der Waals surface area contributed by atoms with Crippen molar-refractivity contribution in [2.24, 2.45) is 0 Å². The maximum Gasteiger partial charge on any atom is 0.273 e. The Hall–Kier alpha value is -3.19. The molecule has 3 aromatic rings. The molecule has 1 aliphatic heterocycles. The minimum atomic E-state index is -0.389. The second-order valence-corrected chi connectivity index (χ2v) is 9.53. The lowest BCUT2D eigenvalue weighted by atomic mass is 9.95. The quantitative estimate of drug-likeness (QED) is 0.263. The molecule has 192 valence electrons. The van der Waals surface area contributed by atoms with E-state index < -0.39 is 0 Å². The van der Waals surface area contributed by atoms with Crippen LogP contribution in [0.2, 0.25) is 5.02 Å². The number of hydrogen-bond donors (Lipinski definition) is 2. The molecular weight excluding hydrogens is 478 g/mol. The topological polar surface area (TPSA) is 87.7 Å². The van der Waals surface area contributed by atoms with E-state index >= 15 is 0 Å². The highest BCUT2D eigenvalue weighted by Gasteiger charge is 2.42. The number of nitrogens with zero attached hydrogens (tertiary/aromatic N) is 2. The van der Waals surface area contributed by atoms with E-state index in [2.05, 4.69) is 24.0 Å². The third-order valence-corrected chi connectivity index (χ3v) is 6.82. The van der Waals surface area contributed by atoms with Crippen LogP contribution in [0, 0.1) is 0 Å². The molecule has 0 aliphatic carbocycles. The van der Waals surface area contributed by atoms with E-state index in [0.29, 0.717) is 46.6 Å². The van der Waals surface area contributed by atoms with Gasteiger partial charge in [-0.2, -0.15) is 5.10 Å². The van der Waals surface area contributed by atoms with Gasteiger partial charge in [0.2, 0.25) is 0 Å². The number of nitrogens with one attached hydrogen (secondary N) is 1. The molecule has 0 radical (unpaired) electrons. The van der Waals surface area contributed by atoms with E-state index in [1.165, 1.54) is 6.07 Å². The van der Waals surface area contributed by atoms with Crippen LogP contribution in [0.15, 0.2) is 36.4 Å². The number of ether oxygens (including phenoxy) is 2. The van der Waals surface area contributed by atoms with Gasteiger partial charge in [-0.3, -0.25) is 9.89 Å². The van der Waals surface area contributed by atoms with Gasteiger partial charge < -0.3 is 19.5 Å². The van der Waals surface area contributed by atoms with Crippen molar-refractivity contribution in [3.63, 3.8) is 0 Å². The van der Waals surface area contributed by atoms with Gasteiger partial charge in [-0.25, -0.2) is 0 Å². The molecule has 1 aromatic heterocycles. The van der Waals surface area contributed by atoms with Gasteiger partial charge in [0.25, 0.3) is 5.91 Å². The second-order valence-electron chi connectivity index (χ2n) is 9.10. The van der Waals surface area contributed by atoms with Gasteiger partial charge in [0.05, 0.1) is 19.8 Å². The molecule has 1 aliphatic rings. The van der Waals surface area contributed by atoms with E-state index in [9.17, 15) is 9.90 Å². The van der Waals surface area contributed by atoms with Gasteiger partial charge in [0.1, 0.15) is 17.1 Å². The van der Waals surface area contributed by atoms with Crippen molar-refractivity contribution in [1.29, 1.82) is 0 Å². The summed E-state index contributed by atoms with van der Waals surface area (Å²) in [6.45, 7) is 5.53. The Kier molecular flexibility index (Phi) is 8.41. The molecule has 1 atom stereocenters. The first-order valence-electron chi connectivity index (χ1n) is 12.7. The fourth-order valence-corrected chi connectivity index (χ4v) is 4.89. The van der Waals surface area contributed by atoms with E-state index in [0.717, 1.165) is 49.7 Å². The van der Waals surface area contributed by atoms with Crippen molar-refractivity contribution in [2.45, 2.75) is 58.4 Å².